The van der Waals surface area contributed by atoms with Crippen molar-refractivity contribution in [3.05, 3.63) is 65.7 Å². The van der Waals surface area contributed by atoms with Crippen LogP contribution in [-0.2, 0) is 16.6 Å². The molecule has 2 aromatic carbocycles. The summed E-state index contributed by atoms with van der Waals surface area (Å²) in [5.74, 6) is -0.0915. The van der Waals surface area contributed by atoms with Gasteiger partial charge in [0.05, 0.1) is 4.90 Å². The molecule has 0 atom stereocenters. The lowest BCUT2D eigenvalue weighted by atomic mass is 10.2. The van der Waals surface area contributed by atoms with E-state index in [1.165, 1.54) is 24.3 Å². The van der Waals surface area contributed by atoms with Gasteiger partial charge in [-0.3, -0.25) is 5.41 Å². The number of hydrogen-bond donors (Lipinski definition) is 3. The molecule has 0 bridgehead atoms. The maximum Gasteiger partial charge on any atom is 0.240 e. The molecular weight excluding hydrogens is 274 g/mol. The zero-order chi connectivity index (χ0) is 14.6. The summed E-state index contributed by atoms with van der Waals surface area (Å²) in [5, 5.41) is 7.27. The van der Waals surface area contributed by atoms with Crippen LogP contribution in [0.25, 0.3) is 0 Å². The monoisotopic (exact) mass is 289 g/mol. The van der Waals surface area contributed by atoms with Crippen LogP contribution in [0.1, 0.15) is 11.1 Å². The second-order valence-corrected chi connectivity index (χ2v) is 6.02. The van der Waals surface area contributed by atoms with Gasteiger partial charge in [0, 0.05) is 12.1 Å². The number of sulfonamides is 1. The molecule has 2 rings (SSSR count). The van der Waals surface area contributed by atoms with Crippen LogP contribution < -0.4 is 10.5 Å². The van der Waals surface area contributed by atoms with Crippen molar-refractivity contribution in [2.75, 3.05) is 0 Å². The third-order valence-corrected chi connectivity index (χ3v) is 4.20. The maximum absolute atomic E-state index is 12.1. The molecule has 0 radical (unpaired) electrons. The molecular formula is C14H15N3O2S. The summed E-state index contributed by atoms with van der Waals surface area (Å²) in [6, 6.07) is 15.2. The summed E-state index contributed by atoms with van der Waals surface area (Å²) < 4.78 is 26.7. The van der Waals surface area contributed by atoms with E-state index in [-0.39, 0.29) is 17.3 Å². The summed E-state index contributed by atoms with van der Waals surface area (Å²) in [6.45, 7) is 0.234. The minimum atomic E-state index is -3.56. The fourth-order valence-electron chi connectivity index (χ4n) is 1.67. The maximum atomic E-state index is 12.1. The van der Waals surface area contributed by atoms with Crippen molar-refractivity contribution in [3.8, 4) is 0 Å². The fraction of sp³-hybridized carbons (Fsp3) is 0.0714. The molecule has 0 aliphatic heterocycles. The van der Waals surface area contributed by atoms with Gasteiger partial charge < -0.3 is 5.73 Å². The van der Waals surface area contributed by atoms with Crippen LogP contribution in [0.2, 0.25) is 0 Å². The third-order valence-electron chi connectivity index (χ3n) is 2.78. The summed E-state index contributed by atoms with van der Waals surface area (Å²) in [4.78, 5) is 0.151. The third kappa shape index (κ3) is 3.43. The molecule has 0 saturated carbocycles. The summed E-state index contributed by atoms with van der Waals surface area (Å²) in [6.07, 6.45) is 0. The molecule has 104 valence electrons. The number of rotatable bonds is 5. The average Bonchev–Trinajstić information content (AvgIpc) is 2.46. The Hall–Kier alpha value is -2.18. The topological polar surface area (TPSA) is 96.0 Å². The van der Waals surface area contributed by atoms with Crippen molar-refractivity contribution < 1.29 is 8.42 Å². The van der Waals surface area contributed by atoms with Gasteiger partial charge in [0.25, 0.3) is 0 Å². The van der Waals surface area contributed by atoms with Crippen molar-refractivity contribution in [2.24, 2.45) is 5.73 Å². The summed E-state index contributed by atoms with van der Waals surface area (Å²) >= 11 is 0. The van der Waals surface area contributed by atoms with Gasteiger partial charge in [-0.2, -0.15) is 0 Å². The van der Waals surface area contributed by atoms with Gasteiger partial charge in [-0.15, -0.1) is 0 Å². The lowest BCUT2D eigenvalue weighted by molar-refractivity contribution is 0.581. The quantitative estimate of drug-likeness (QED) is 0.574. The number of nitrogens with one attached hydrogen (secondary N) is 2. The fourth-order valence-corrected chi connectivity index (χ4v) is 2.69. The molecule has 0 aliphatic rings. The Kier molecular flexibility index (Phi) is 4.16. The molecule has 0 unspecified atom stereocenters. The number of benzene rings is 2. The van der Waals surface area contributed by atoms with E-state index in [2.05, 4.69) is 4.72 Å². The zero-order valence-electron chi connectivity index (χ0n) is 10.7. The molecule has 0 aliphatic carbocycles. The van der Waals surface area contributed by atoms with Crippen LogP contribution in [0.15, 0.2) is 59.5 Å². The van der Waals surface area contributed by atoms with Crippen LogP contribution in [-0.4, -0.2) is 14.3 Å². The first-order valence-electron chi connectivity index (χ1n) is 5.97. The van der Waals surface area contributed by atoms with Crippen molar-refractivity contribution >= 4 is 15.9 Å². The minimum absolute atomic E-state index is 0.0915. The van der Waals surface area contributed by atoms with E-state index in [0.717, 1.165) is 5.56 Å². The standard InChI is InChI=1S/C14H15N3O2S/c15-14(16)12-6-8-13(9-7-12)20(18,19)17-10-11-4-2-1-3-5-11/h1-9,17H,10H2,(H3,15,16). The van der Waals surface area contributed by atoms with Gasteiger partial charge in [0.1, 0.15) is 5.84 Å². The normalized spacial score (nSPS) is 11.2. The highest BCUT2D eigenvalue weighted by Crippen LogP contribution is 2.11. The van der Waals surface area contributed by atoms with E-state index in [0.29, 0.717) is 5.56 Å². The average molecular weight is 289 g/mol. The summed E-state index contributed by atoms with van der Waals surface area (Å²) in [7, 11) is -3.56. The van der Waals surface area contributed by atoms with Gasteiger partial charge in [-0.05, 0) is 29.8 Å². The molecule has 0 aromatic heterocycles. The molecule has 0 spiro atoms. The zero-order valence-corrected chi connectivity index (χ0v) is 11.5. The van der Waals surface area contributed by atoms with E-state index in [1.807, 2.05) is 30.3 Å². The van der Waals surface area contributed by atoms with Crippen molar-refractivity contribution in [1.82, 2.24) is 4.72 Å². The second-order valence-electron chi connectivity index (χ2n) is 4.25. The molecule has 5 nitrogen and oxygen atoms in total. The smallest absolute Gasteiger partial charge is 0.240 e. The second kappa shape index (κ2) is 5.85. The molecule has 0 amide bonds. The summed E-state index contributed by atoms with van der Waals surface area (Å²) in [5.41, 5.74) is 6.70. The van der Waals surface area contributed by atoms with Gasteiger partial charge in [-0.25, -0.2) is 13.1 Å². The van der Waals surface area contributed by atoms with Crippen LogP contribution in [0, 0.1) is 5.41 Å². The number of nitrogens with two attached hydrogens (primary N) is 1. The van der Waals surface area contributed by atoms with E-state index >= 15 is 0 Å². The Bertz CT molecular complexity index is 695. The van der Waals surface area contributed by atoms with Crippen LogP contribution in [0.5, 0.6) is 0 Å². The van der Waals surface area contributed by atoms with E-state index < -0.39 is 10.0 Å². The molecule has 2 aromatic rings. The first kappa shape index (κ1) is 14.2. The Labute approximate surface area is 118 Å². The lowest BCUT2D eigenvalue weighted by Crippen LogP contribution is -2.23. The largest absolute Gasteiger partial charge is 0.384 e. The van der Waals surface area contributed by atoms with Crippen LogP contribution in [0.4, 0.5) is 0 Å². The highest BCUT2D eigenvalue weighted by molar-refractivity contribution is 7.89. The first-order valence-corrected chi connectivity index (χ1v) is 7.45. The van der Waals surface area contributed by atoms with Gasteiger partial charge >= 0.3 is 0 Å². The predicted molar refractivity (Wildman–Crippen MR) is 77.9 cm³/mol. The number of hydrogen-bond acceptors (Lipinski definition) is 3. The number of amidine groups is 1. The Morgan fingerprint density at radius 2 is 1.65 bits per heavy atom. The lowest BCUT2D eigenvalue weighted by Gasteiger charge is -2.07. The predicted octanol–water partition coefficient (Wildman–Crippen LogP) is 1.45. The Balaban J connectivity index is 2.12. The highest BCUT2D eigenvalue weighted by atomic mass is 32.2. The van der Waals surface area contributed by atoms with Crippen LogP contribution in [0.3, 0.4) is 0 Å². The van der Waals surface area contributed by atoms with E-state index in [4.69, 9.17) is 11.1 Å². The van der Waals surface area contributed by atoms with Gasteiger partial charge in [-0.1, -0.05) is 30.3 Å². The molecule has 0 saturated heterocycles. The molecule has 6 heteroatoms. The number of nitrogen functional groups attached to an aromatic ring is 1. The minimum Gasteiger partial charge on any atom is -0.384 e. The van der Waals surface area contributed by atoms with Gasteiger partial charge in [0.2, 0.25) is 10.0 Å². The van der Waals surface area contributed by atoms with Crippen molar-refractivity contribution in [2.45, 2.75) is 11.4 Å². The van der Waals surface area contributed by atoms with Crippen LogP contribution >= 0.6 is 0 Å². The molecule has 4 N–H and O–H groups in total. The van der Waals surface area contributed by atoms with E-state index in [9.17, 15) is 8.42 Å². The molecule has 20 heavy (non-hydrogen) atoms. The highest BCUT2D eigenvalue weighted by Gasteiger charge is 2.13. The van der Waals surface area contributed by atoms with E-state index in [1.54, 1.807) is 0 Å². The molecule has 0 fully saturated rings. The van der Waals surface area contributed by atoms with Crippen molar-refractivity contribution in [1.29, 1.82) is 5.41 Å². The first-order chi connectivity index (χ1) is 9.49. The Morgan fingerprint density at radius 3 is 2.20 bits per heavy atom. The van der Waals surface area contributed by atoms with Crippen molar-refractivity contribution in [3.63, 3.8) is 0 Å². The SMILES string of the molecule is N=C(N)c1ccc(S(=O)(=O)NCc2ccccc2)cc1. The Morgan fingerprint density at radius 1 is 1.05 bits per heavy atom. The van der Waals surface area contributed by atoms with Gasteiger partial charge in [0.15, 0.2) is 0 Å². The molecule has 0 heterocycles.